The normalized spacial score (nSPS) is 20.8. The molecule has 2 saturated carbocycles. The molecule has 2 aromatic carbocycles. The van der Waals surface area contributed by atoms with E-state index in [2.05, 4.69) is 44.1 Å². The fraction of sp³-hybridized carbons (Fsp3) is 0.351. The smallest absolute Gasteiger partial charge is 0.254 e. The number of nitrogens with zero attached hydrogens (tertiary/aromatic N) is 5. The van der Waals surface area contributed by atoms with E-state index in [0.717, 1.165) is 75.3 Å². The van der Waals surface area contributed by atoms with Crippen LogP contribution in [0.2, 0.25) is 0 Å². The zero-order valence-electron chi connectivity index (χ0n) is 26.3. The molecule has 5 heterocycles. The van der Waals surface area contributed by atoms with Crippen molar-refractivity contribution in [1.29, 1.82) is 0 Å². The molecule has 2 aliphatic carbocycles. The Hall–Kier alpha value is -4.92. The first-order chi connectivity index (χ1) is 22.4. The number of piperidine rings is 1. The lowest BCUT2D eigenvalue weighted by molar-refractivity contribution is 0.0696. The monoisotopic (exact) mass is 612 g/mol. The Bertz CT molecular complexity index is 2270. The largest absolute Gasteiger partial charge is 0.494 e. The molecule has 1 aliphatic heterocycles. The number of likely N-dealkylation sites (tertiary alicyclic amines) is 1. The van der Waals surface area contributed by atoms with Crippen LogP contribution in [-0.4, -0.2) is 54.6 Å². The lowest BCUT2D eigenvalue weighted by atomic mass is 10.0. The van der Waals surface area contributed by atoms with Gasteiger partial charge in [0.15, 0.2) is 5.82 Å². The number of imidazole rings is 1. The number of ether oxygens (including phenoxy) is 1. The number of fused-ring (bicyclic) bond motifs is 5. The van der Waals surface area contributed by atoms with Gasteiger partial charge in [-0.3, -0.25) is 9.59 Å². The van der Waals surface area contributed by atoms with Gasteiger partial charge in [-0.2, -0.15) is 0 Å². The van der Waals surface area contributed by atoms with Crippen molar-refractivity contribution in [3.8, 4) is 28.5 Å². The Kier molecular flexibility index (Phi) is 5.98. The number of benzene rings is 2. The van der Waals surface area contributed by atoms with E-state index >= 15 is 0 Å². The molecule has 3 fully saturated rings. The van der Waals surface area contributed by atoms with Gasteiger partial charge >= 0.3 is 0 Å². The number of carbonyl (C=O) groups excluding carboxylic acids is 1. The van der Waals surface area contributed by atoms with Crippen molar-refractivity contribution >= 4 is 38.9 Å². The molecule has 2 bridgehead atoms. The summed E-state index contributed by atoms with van der Waals surface area (Å²) in [4.78, 5) is 41.1. The van der Waals surface area contributed by atoms with Gasteiger partial charge in [-0.15, -0.1) is 0 Å². The van der Waals surface area contributed by atoms with Crippen molar-refractivity contribution in [2.75, 3.05) is 13.7 Å². The van der Waals surface area contributed by atoms with Crippen LogP contribution in [0.5, 0.6) is 5.75 Å². The first-order valence-corrected chi connectivity index (χ1v) is 16.4. The Morgan fingerprint density at radius 2 is 1.80 bits per heavy atom. The summed E-state index contributed by atoms with van der Waals surface area (Å²) in [5, 5.41) is 2.02. The molecular weight excluding hydrogens is 576 g/mol. The van der Waals surface area contributed by atoms with E-state index in [0.29, 0.717) is 35.1 Å². The van der Waals surface area contributed by atoms with E-state index in [1.165, 1.54) is 19.3 Å². The fourth-order valence-corrected chi connectivity index (χ4v) is 8.05. The van der Waals surface area contributed by atoms with Crippen LogP contribution in [0, 0.1) is 17.8 Å². The molecule has 1 amide bonds. The molecule has 9 heteroatoms. The maximum Gasteiger partial charge on any atom is 0.254 e. The first kappa shape index (κ1) is 27.4. The van der Waals surface area contributed by atoms with Crippen molar-refractivity contribution in [1.82, 2.24) is 29.0 Å². The molecule has 46 heavy (non-hydrogen) atoms. The van der Waals surface area contributed by atoms with Gasteiger partial charge in [-0.25, -0.2) is 9.97 Å². The van der Waals surface area contributed by atoms with Crippen LogP contribution in [0.4, 0.5) is 0 Å². The second-order valence-corrected chi connectivity index (χ2v) is 13.6. The lowest BCUT2D eigenvalue weighted by Gasteiger charge is -2.27. The Morgan fingerprint density at radius 1 is 0.978 bits per heavy atom. The number of nitrogens with one attached hydrogen (secondary N) is 1. The van der Waals surface area contributed by atoms with Crippen LogP contribution in [-0.2, 0) is 13.6 Å². The number of H-pyrrole nitrogens is 1. The average molecular weight is 613 g/mol. The SMILES string of the molecule is COc1cc(C(=O)N2CC3CCC2[C@@H]3C)cc2nc(-c3cc4ccc(-c5ccc6ccc(=O)[nH]c6c5)nc4n3CC3CC3)n(C)c12. The number of aromatic nitrogens is 5. The van der Waals surface area contributed by atoms with Crippen molar-refractivity contribution < 1.29 is 9.53 Å². The maximum absolute atomic E-state index is 13.8. The quantitative estimate of drug-likeness (QED) is 0.235. The van der Waals surface area contributed by atoms with Crippen molar-refractivity contribution in [3.05, 3.63) is 76.6 Å². The van der Waals surface area contributed by atoms with Crippen molar-refractivity contribution in [2.24, 2.45) is 24.8 Å². The summed E-state index contributed by atoms with van der Waals surface area (Å²) in [6, 6.07) is 19.9. The van der Waals surface area contributed by atoms with Gasteiger partial charge in [-0.05, 0) is 91.3 Å². The van der Waals surface area contributed by atoms with Gasteiger partial charge in [0, 0.05) is 54.3 Å². The highest BCUT2D eigenvalue weighted by molar-refractivity contribution is 6.00. The molecule has 2 unspecified atom stereocenters. The summed E-state index contributed by atoms with van der Waals surface area (Å²) in [5.74, 6) is 3.31. The summed E-state index contributed by atoms with van der Waals surface area (Å²) >= 11 is 0. The summed E-state index contributed by atoms with van der Waals surface area (Å²) in [5.41, 5.74) is 6.62. The van der Waals surface area contributed by atoms with E-state index in [1.807, 2.05) is 43.4 Å². The van der Waals surface area contributed by atoms with Gasteiger partial charge in [0.2, 0.25) is 5.56 Å². The molecule has 3 atom stereocenters. The highest BCUT2D eigenvalue weighted by Gasteiger charge is 2.46. The van der Waals surface area contributed by atoms with E-state index in [9.17, 15) is 9.59 Å². The number of hydrogen-bond donors (Lipinski definition) is 1. The summed E-state index contributed by atoms with van der Waals surface area (Å²) in [6.45, 7) is 3.98. The highest BCUT2D eigenvalue weighted by atomic mass is 16.5. The average Bonchev–Trinajstić information content (AvgIpc) is 3.47. The molecule has 3 aliphatic rings. The lowest BCUT2D eigenvalue weighted by Crippen LogP contribution is -2.38. The number of carbonyl (C=O) groups is 1. The summed E-state index contributed by atoms with van der Waals surface area (Å²) in [6.07, 6.45) is 4.72. The number of pyridine rings is 2. The third-order valence-electron chi connectivity index (χ3n) is 10.8. The predicted molar refractivity (Wildman–Crippen MR) is 179 cm³/mol. The molecule has 232 valence electrons. The maximum atomic E-state index is 13.8. The Balaban J connectivity index is 1.15. The number of aryl methyl sites for hydroxylation is 1. The van der Waals surface area contributed by atoms with Gasteiger partial charge in [-0.1, -0.05) is 19.1 Å². The molecule has 0 spiro atoms. The van der Waals surface area contributed by atoms with E-state index in [-0.39, 0.29) is 11.5 Å². The van der Waals surface area contributed by atoms with Gasteiger partial charge in [0.1, 0.15) is 16.9 Å². The van der Waals surface area contributed by atoms with Crippen LogP contribution in [0.25, 0.3) is 55.7 Å². The minimum absolute atomic E-state index is 0.0730. The molecule has 9 rings (SSSR count). The summed E-state index contributed by atoms with van der Waals surface area (Å²) < 4.78 is 10.3. The van der Waals surface area contributed by atoms with Gasteiger partial charge in [0.05, 0.1) is 24.0 Å². The molecule has 9 nitrogen and oxygen atoms in total. The molecular formula is C37H36N6O3. The van der Waals surface area contributed by atoms with Crippen LogP contribution in [0.15, 0.2) is 65.5 Å². The standard InChI is InChI=1S/C37H36N6O3/c1-20-25-9-12-30(20)43(19-25)37(45)26-15-29-34(32(17-26)46-3)41(2)36(40-29)31-16-24-8-11-27(39-35(24)42(31)18-21-4-5-21)23-7-6-22-10-13-33(44)38-28(22)14-23/h6-8,10-11,13-17,20-21,25,30H,4-5,9,12,18-19H2,1-3H3,(H,38,44)/t20-,25?,30?/m1/s1. The number of amides is 1. The second kappa shape index (κ2) is 10.0. The minimum atomic E-state index is -0.121. The zero-order chi connectivity index (χ0) is 31.3. The van der Waals surface area contributed by atoms with Crippen LogP contribution >= 0.6 is 0 Å². The third-order valence-corrected chi connectivity index (χ3v) is 10.8. The number of hydrogen-bond acceptors (Lipinski definition) is 5. The molecule has 0 radical (unpaired) electrons. The van der Waals surface area contributed by atoms with Crippen LogP contribution < -0.4 is 10.3 Å². The summed E-state index contributed by atoms with van der Waals surface area (Å²) in [7, 11) is 3.68. The second-order valence-electron chi connectivity index (χ2n) is 13.6. The minimum Gasteiger partial charge on any atom is -0.494 e. The predicted octanol–water partition coefficient (Wildman–Crippen LogP) is 6.39. The van der Waals surface area contributed by atoms with Crippen LogP contribution in [0.3, 0.4) is 0 Å². The molecule has 4 aromatic heterocycles. The Labute approximate surface area is 265 Å². The van der Waals surface area contributed by atoms with E-state index < -0.39 is 0 Å². The first-order valence-electron chi connectivity index (χ1n) is 16.4. The molecule has 1 N–H and O–H groups in total. The fourth-order valence-electron chi connectivity index (χ4n) is 8.05. The molecule has 1 saturated heterocycles. The van der Waals surface area contributed by atoms with Crippen molar-refractivity contribution in [3.63, 3.8) is 0 Å². The number of methoxy groups -OCH3 is 1. The van der Waals surface area contributed by atoms with Crippen molar-refractivity contribution in [2.45, 2.75) is 45.2 Å². The van der Waals surface area contributed by atoms with E-state index in [1.54, 1.807) is 13.2 Å². The zero-order valence-corrected chi connectivity index (χ0v) is 26.3. The number of rotatable bonds is 6. The highest BCUT2D eigenvalue weighted by Crippen LogP contribution is 2.44. The number of aromatic amines is 1. The Morgan fingerprint density at radius 3 is 2.57 bits per heavy atom. The van der Waals surface area contributed by atoms with E-state index in [4.69, 9.17) is 14.7 Å². The van der Waals surface area contributed by atoms with Gasteiger partial charge in [0.25, 0.3) is 5.91 Å². The van der Waals surface area contributed by atoms with Crippen LogP contribution in [0.1, 0.15) is 43.0 Å². The topological polar surface area (TPSA) is 98.0 Å². The molecule has 6 aromatic rings. The van der Waals surface area contributed by atoms with Gasteiger partial charge < -0.3 is 23.8 Å². The third kappa shape index (κ3) is 4.21.